The largest absolute Gasteiger partial charge is 0.297 e. The minimum atomic E-state index is -3.38. The quantitative estimate of drug-likeness (QED) is 0.730. The monoisotopic (exact) mass is 413 g/mol. The molecule has 0 saturated carbocycles. The summed E-state index contributed by atoms with van der Waals surface area (Å²) in [7, 11) is -0.270. The smallest absolute Gasteiger partial charge is 0.242 e. The summed E-state index contributed by atoms with van der Waals surface area (Å²) >= 11 is 7.64. The van der Waals surface area contributed by atoms with Crippen molar-refractivity contribution in [2.75, 3.05) is 40.3 Å². The molecule has 1 aliphatic rings. The van der Waals surface area contributed by atoms with Crippen molar-refractivity contribution in [2.24, 2.45) is 0 Å². The zero-order valence-electron chi connectivity index (χ0n) is 15.1. The van der Waals surface area contributed by atoms with E-state index >= 15 is 0 Å². The molecular formula is C18H24ClN3O2S2. The van der Waals surface area contributed by atoms with E-state index in [1.165, 1.54) is 9.18 Å². The first kappa shape index (κ1) is 19.8. The van der Waals surface area contributed by atoms with Crippen LogP contribution in [0.4, 0.5) is 0 Å². The highest BCUT2D eigenvalue weighted by molar-refractivity contribution is 7.89. The van der Waals surface area contributed by atoms with Gasteiger partial charge in [0.1, 0.15) is 0 Å². The minimum absolute atomic E-state index is 0.355. The Morgan fingerprint density at radius 3 is 2.27 bits per heavy atom. The Kier molecular flexibility index (Phi) is 6.37. The first-order chi connectivity index (χ1) is 12.3. The van der Waals surface area contributed by atoms with Crippen molar-refractivity contribution < 1.29 is 8.42 Å². The number of hydrogen-bond donors (Lipinski definition) is 0. The van der Waals surface area contributed by atoms with Crippen molar-refractivity contribution in [3.8, 4) is 0 Å². The lowest BCUT2D eigenvalue weighted by atomic mass is 10.2. The lowest BCUT2D eigenvalue weighted by Gasteiger charge is -2.34. The lowest BCUT2D eigenvalue weighted by molar-refractivity contribution is 0.123. The van der Waals surface area contributed by atoms with E-state index < -0.39 is 10.0 Å². The topological polar surface area (TPSA) is 43.9 Å². The van der Waals surface area contributed by atoms with Crippen LogP contribution in [-0.2, 0) is 23.1 Å². The summed E-state index contributed by atoms with van der Waals surface area (Å²) in [5.74, 6) is 0. The molecular weight excluding hydrogens is 390 g/mol. The molecule has 1 saturated heterocycles. The Balaban J connectivity index is 1.56. The lowest BCUT2D eigenvalue weighted by Crippen LogP contribution is -2.45. The molecule has 1 aliphatic heterocycles. The molecule has 0 unspecified atom stereocenters. The van der Waals surface area contributed by atoms with Crippen LogP contribution < -0.4 is 0 Å². The highest BCUT2D eigenvalue weighted by Gasteiger charge is 2.20. The van der Waals surface area contributed by atoms with Gasteiger partial charge in [-0.25, -0.2) is 12.7 Å². The normalized spacial score (nSPS) is 17.1. The van der Waals surface area contributed by atoms with Crippen LogP contribution in [0.25, 0.3) is 0 Å². The zero-order chi connectivity index (χ0) is 18.7. The fourth-order valence-corrected chi connectivity index (χ4v) is 5.14. The maximum Gasteiger partial charge on any atom is 0.242 e. The standard InChI is InChI=1S/C18H24ClN3O2S2/c1-20(2)26(23,24)17-5-3-4-15(12-17)13-21-8-10-22(11-9-21)14-16-6-7-18(19)25-16/h3-7,12H,8-11,13-14H2,1-2H3. The second kappa shape index (κ2) is 8.37. The average molecular weight is 414 g/mol. The molecule has 0 atom stereocenters. The number of hydrogen-bond acceptors (Lipinski definition) is 5. The van der Waals surface area contributed by atoms with Crippen molar-refractivity contribution >= 4 is 33.0 Å². The molecule has 0 spiro atoms. The summed E-state index contributed by atoms with van der Waals surface area (Å²) in [5, 5.41) is 0. The van der Waals surface area contributed by atoms with E-state index in [4.69, 9.17) is 11.6 Å². The number of piperazine rings is 1. The maximum absolute atomic E-state index is 12.3. The minimum Gasteiger partial charge on any atom is -0.297 e. The molecule has 0 amide bonds. The predicted octanol–water partition coefficient (Wildman–Crippen LogP) is 2.97. The summed E-state index contributed by atoms with van der Waals surface area (Å²) in [6, 6.07) is 11.3. The Morgan fingerprint density at radius 1 is 1.04 bits per heavy atom. The first-order valence-electron chi connectivity index (χ1n) is 8.55. The van der Waals surface area contributed by atoms with Gasteiger partial charge in [0.05, 0.1) is 9.23 Å². The van der Waals surface area contributed by atoms with Crippen molar-refractivity contribution in [2.45, 2.75) is 18.0 Å². The fourth-order valence-electron chi connectivity index (χ4n) is 3.04. The summed E-state index contributed by atoms with van der Waals surface area (Å²) in [6.07, 6.45) is 0. The van der Waals surface area contributed by atoms with Crippen LogP contribution in [0.5, 0.6) is 0 Å². The van der Waals surface area contributed by atoms with E-state index in [9.17, 15) is 8.42 Å². The highest BCUT2D eigenvalue weighted by Crippen LogP contribution is 2.23. The third-order valence-corrected chi connectivity index (χ3v) is 7.58. The molecule has 0 bridgehead atoms. The van der Waals surface area contributed by atoms with Gasteiger partial charge in [-0.05, 0) is 29.8 Å². The van der Waals surface area contributed by atoms with Crippen LogP contribution in [0, 0.1) is 0 Å². The van der Waals surface area contributed by atoms with Gasteiger partial charge in [-0.3, -0.25) is 9.80 Å². The molecule has 2 aromatic rings. The first-order valence-corrected chi connectivity index (χ1v) is 11.2. The van der Waals surface area contributed by atoms with Crippen LogP contribution in [-0.4, -0.2) is 62.8 Å². The Morgan fingerprint density at radius 2 is 1.69 bits per heavy atom. The van der Waals surface area contributed by atoms with E-state index in [2.05, 4.69) is 15.9 Å². The summed E-state index contributed by atoms with van der Waals surface area (Å²) in [5.41, 5.74) is 1.03. The number of benzene rings is 1. The molecule has 1 aromatic heterocycles. The zero-order valence-corrected chi connectivity index (χ0v) is 17.4. The third-order valence-electron chi connectivity index (χ3n) is 4.56. The molecule has 1 aromatic carbocycles. The molecule has 0 aliphatic carbocycles. The van der Waals surface area contributed by atoms with Gasteiger partial charge in [0.25, 0.3) is 0 Å². The summed E-state index contributed by atoms with van der Waals surface area (Å²) in [4.78, 5) is 6.46. The van der Waals surface area contributed by atoms with Gasteiger partial charge in [0.2, 0.25) is 10.0 Å². The summed E-state index contributed by atoms with van der Waals surface area (Å²) < 4.78 is 26.7. The van der Waals surface area contributed by atoms with Crippen molar-refractivity contribution in [3.05, 3.63) is 51.2 Å². The van der Waals surface area contributed by atoms with Gasteiger partial charge < -0.3 is 0 Å². The van der Waals surface area contributed by atoms with E-state index in [0.717, 1.165) is 49.2 Å². The number of thiophene rings is 1. The van der Waals surface area contributed by atoms with Crippen molar-refractivity contribution in [3.63, 3.8) is 0 Å². The van der Waals surface area contributed by atoms with Crippen LogP contribution >= 0.6 is 22.9 Å². The average Bonchev–Trinajstić information content (AvgIpc) is 3.01. The molecule has 142 valence electrons. The molecule has 26 heavy (non-hydrogen) atoms. The molecule has 3 rings (SSSR count). The molecule has 2 heterocycles. The molecule has 0 N–H and O–H groups in total. The number of sulfonamides is 1. The van der Waals surface area contributed by atoms with Crippen LogP contribution in [0.2, 0.25) is 4.34 Å². The van der Waals surface area contributed by atoms with Crippen molar-refractivity contribution in [1.82, 2.24) is 14.1 Å². The van der Waals surface area contributed by atoms with Gasteiger partial charge in [-0.2, -0.15) is 0 Å². The predicted molar refractivity (Wildman–Crippen MR) is 107 cm³/mol. The number of nitrogens with zero attached hydrogens (tertiary/aromatic N) is 3. The van der Waals surface area contributed by atoms with Gasteiger partial charge in [-0.15, -0.1) is 11.3 Å². The SMILES string of the molecule is CN(C)S(=O)(=O)c1cccc(CN2CCN(Cc3ccc(Cl)s3)CC2)c1. The van der Waals surface area contributed by atoms with Gasteiger partial charge in [0.15, 0.2) is 0 Å². The Bertz CT molecular complexity index is 844. The summed E-state index contributed by atoms with van der Waals surface area (Å²) in [6.45, 7) is 5.68. The molecule has 1 fully saturated rings. The van der Waals surface area contributed by atoms with Gasteiger partial charge in [-0.1, -0.05) is 23.7 Å². The molecule has 8 heteroatoms. The van der Waals surface area contributed by atoms with Crippen molar-refractivity contribution in [1.29, 1.82) is 0 Å². The number of rotatable bonds is 6. The maximum atomic E-state index is 12.3. The van der Waals surface area contributed by atoms with Crippen LogP contribution in [0.1, 0.15) is 10.4 Å². The van der Waals surface area contributed by atoms with Gasteiger partial charge in [0, 0.05) is 58.2 Å². The van der Waals surface area contributed by atoms with Crippen LogP contribution in [0.3, 0.4) is 0 Å². The third kappa shape index (κ3) is 4.85. The Labute approximate surface area is 164 Å². The second-order valence-electron chi connectivity index (χ2n) is 6.69. The van der Waals surface area contributed by atoms with E-state index in [1.807, 2.05) is 18.2 Å². The second-order valence-corrected chi connectivity index (χ2v) is 10.6. The van der Waals surface area contributed by atoms with E-state index in [-0.39, 0.29) is 0 Å². The highest BCUT2D eigenvalue weighted by atomic mass is 35.5. The Hall–Kier alpha value is -0.960. The van der Waals surface area contributed by atoms with E-state index in [0.29, 0.717) is 4.90 Å². The fraction of sp³-hybridized carbons (Fsp3) is 0.444. The van der Waals surface area contributed by atoms with Gasteiger partial charge >= 0.3 is 0 Å². The molecule has 5 nitrogen and oxygen atoms in total. The van der Waals surface area contributed by atoms with Crippen LogP contribution in [0.15, 0.2) is 41.3 Å². The molecule has 0 radical (unpaired) electrons. The van der Waals surface area contributed by atoms with E-state index in [1.54, 1.807) is 37.6 Å². The number of halogens is 1.